The molecule has 0 saturated carbocycles. The van der Waals surface area contributed by atoms with Gasteiger partial charge in [-0.05, 0) is 30.7 Å². The Hall–Kier alpha value is -3.06. The van der Waals surface area contributed by atoms with Gasteiger partial charge in [0.2, 0.25) is 0 Å². The van der Waals surface area contributed by atoms with Crippen molar-refractivity contribution in [3.05, 3.63) is 64.7 Å². The zero-order chi connectivity index (χ0) is 19.8. The van der Waals surface area contributed by atoms with E-state index in [-0.39, 0.29) is 12.3 Å². The number of benzene rings is 2. The highest BCUT2D eigenvalue weighted by Crippen LogP contribution is 2.23. The van der Waals surface area contributed by atoms with Crippen LogP contribution < -0.4 is 4.90 Å². The Kier molecular flexibility index (Phi) is 7.19. The first kappa shape index (κ1) is 20.3. The van der Waals surface area contributed by atoms with E-state index in [1.54, 1.807) is 43.3 Å². The van der Waals surface area contributed by atoms with Crippen LogP contribution in [0, 0.1) is 0 Å². The van der Waals surface area contributed by atoms with Gasteiger partial charge in [-0.15, -0.1) is 0 Å². The molecule has 0 radical (unpaired) electrons. The summed E-state index contributed by atoms with van der Waals surface area (Å²) < 4.78 is 9.32. The molecule has 8 heteroatoms. The number of carbonyl (C=O) groups excluding carboxylic acids is 2. The second kappa shape index (κ2) is 9.59. The number of methoxy groups -OCH3 is 2. The molecule has 27 heavy (non-hydrogen) atoms. The van der Waals surface area contributed by atoms with E-state index >= 15 is 0 Å². The standard InChI is InChI=1S/C19H19ClN2O5/c1-13(14-8-10-16(20)11-9-14)21-27-12-15-6-4-5-7-17(15)22(18(23)25-2)19(24)26-3/h4-11H,12H2,1-3H3. The predicted molar refractivity (Wildman–Crippen MR) is 102 cm³/mol. The van der Waals surface area contributed by atoms with Gasteiger partial charge in [0.05, 0.1) is 25.6 Å². The van der Waals surface area contributed by atoms with Crippen LogP contribution in [0.15, 0.2) is 53.7 Å². The number of anilines is 1. The van der Waals surface area contributed by atoms with Crippen molar-refractivity contribution < 1.29 is 23.9 Å². The van der Waals surface area contributed by atoms with Crippen LogP contribution in [0.25, 0.3) is 0 Å². The molecule has 0 heterocycles. The van der Waals surface area contributed by atoms with Crippen LogP contribution >= 0.6 is 11.6 Å². The molecule has 2 aromatic carbocycles. The van der Waals surface area contributed by atoms with Crippen molar-refractivity contribution in [1.82, 2.24) is 0 Å². The number of nitrogens with zero attached hydrogens (tertiary/aromatic N) is 2. The van der Waals surface area contributed by atoms with Gasteiger partial charge < -0.3 is 14.3 Å². The number of oxime groups is 1. The first-order chi connectivity index (χ1) is 13.0. The summed E-state index contributed by atoms with van der Waals surface area (Å²) in [7, 11) is 2.36. The molecule has 2 rings (SSSR count). The average Bonchev–Trinajstić information content (AvgIpc) is 2.69. The molecule has 0 saturated heterocycles. The molecule has 0 N–H and O–H groups in total. The second-order valence-electron chi connectivity index (χ2n) is 5.36. The number of ether oxygens (including phenoxy) is 2. The summed E-state index contributed by atoms with van der Waals surface area (Å²) in [4.78, 5) is 30.2. The lowest BCUT2D eigenvalue weighted by Crippen LogP contribution is -2.37. The molecule has 0 unspecified atom stereocenters. The van der Waals surface area contributed by atoms with Crippen LogP contribution in [0.3, 0.4) is 0 Å². The Morgan fingerprint density at radius 2 is 1.59 bits per heavy atom. The first-order valence-electron chi connectivity index (χ1n) is 7.94. The van der Waals surface area contributed by atoms with Gasteiger partial charge in [-0.3, -0.25) is 0 Å². The van der Waals surface area contributed by atoms with Crippen molar-refractivity contribution in [2.45, 2.75) is 13.5 Å². The number of hydrogen-bond donors (Lipinski definition) is 0. The van der Waals surface area contributed by atoms with E-state index in [2.05, 4.69) is 14.6 Å². The monoisotopic (exact) mass is 390 g/mol. The van der Waals surface area contributed by atoms with E-state index in [1.807, 2.05) is 12.1 Å². The summed E-state index contributed by atoms with van der Waals surface area (Å²) in [6, 6.07) is 13.9. The van der Waals surface area contributed by atoms with E-state index in [0.717, 1.165) is 10.5 Å². The number of rotatable bonds is 5. The molecule has 0 aliphatic heterocycles. The maximum atomic E-state index is 12.0. The zero-order valence-electron chi connectivity index (χ0n) is 15.1. The van der Waals surface area contributed by atoms with Gasteiger partial charge in [-0.2, -0.15) is 4.90 Å². The van der Waals surface area contributed by atoms with Crippen LogP contribution in [0.5, 0.6) is 0 Å². The maximum Gasteiger partial charge on any atom is 0.423 e. The van der Waals surface area contributed by atoms with E-state index in [9.17, 15) is 9.59 Å². The Balaban J connectivity index is 2.20. The molecule has 2 aromatic rings. The Morgan fingerprint density at radius 3 is 2.19 bits per heavy atom. The first-order valence-corrected chi connectivity index (χ1v) is 8.32. The molecule has 0 spiro atoms. The normalized spacial score (nSPS) is 10.9. The Morgan fingerprint density at radius 1 is 1.00 bits per heavy atom. The quantitative estimate of drug-likeness (QED) is 0.550. The molecule has 0 aliphatic carbocycles. The van der Waals surface area contributed by atoms with Crippen LogP contribution in [0.1, 0.15) is 18.1 Å². The third-order valence-corrected chi connectivity index (χ3v) is 3.88. The largest absolute Gasteiger partial charge is 0.452 e. The van der Waals surface area contributed by atoms with Gasteiger partial charge in [0, 0.05) is 10.6 Å². The summed E-state index contributed by atoms with van der Waals surface area (Å²) >= 11 is 5.87. The molecule has 0 fully saturated rings. The molecule has 0 aromatic heterocycles. The SMILES string of the molecule is COC(=O)N(C(=O)OC)c1ccccc1CON=C(C)c1ccc(Cl)cc1. The molecule has 7 nitrogen and oxygen atoms in total. The molecule has 142 valence electrons. The summed E-state index contributed by atoms with van der Waals surface area (Å²) in [6.07, 6.45) is -1.73. The molecule has 2 amide bonds. The van der Waals surface area contributed by atoms with Gasteiger partial charge in [0.15, 0.2) is 0 Å². The van der Waals surface area contributed by atoms with Crippen LogP contribution in [0.2, 0.25) is 5.02 Å². The number of amides is 2. The minimum absolute atomic E-state index is 0.0333. The van der Waals surface area contributed by atoms with Crippen molar-refractivity contribution in [2.24, 2.45) is 5.16 Å². The summed E-state index contributed by atoms with van der Waals surface area (Å²) in [5, 5.41) is 4.70. The Bertz CT molecular complexity index is 820. The van der Waals surface area contributed by atoms with Crippen molar-refractivity contribution in [2.75, 3.05) is 19.1 Å². The van der Waals surface area contributed by atoms with E-state index in [0.29, 0.717) is 16.3 Å². The third kappa shape index (κ3) is 5.21. The second-order valence-corrected chi connectivity index (χ2v) is 5.80. The number of hydrogen-bond acceptors (Lipinski definition) is 6. The fraction of sp³-hybridized carbons (Fsp3) is 0.211. The van der Waals surface area contributed by atoms with Crippen molar-refractivity contribution in [3.63, 3.8) is 0 Å². The third-order valence-electron chi connectivity index (χ3n) is 3.63. The zero-order valence-corrected chi connectivity index (χ0v) is 15.9. The van der Waals surface area contributed by atoms with Crippen molar-refractivity contribution in [3.8, 4) is 0 Å². The summed E-state index contributed by atoms with van der Waals surface area (Å²) in [5.41, 5.74) is 2.36. The van der Waals surface area contributed by atoms with Gasteiger partial charge >= 0.3 is 12.2 Å². The van der Waals surface area contributed by atoms with E-state index < -0.39 is 12.2 Å². The highest BCUT2D eigenvalue weighted by atomic mass is 35.5. The minimum atomic E-state index is -0.866. The number of halogens is 1. The molecular formula is C19H19ClN2O5. The topological polar surface area (TPSA) is 77.4 Å². The van der Waals surface area contributed by atoms with E-state index in [4.69, 9.17) is 16.4 Å². The number of carbonyl (C=O) groups is 2. The lowest BCUT2D eigenvalue weighted by atomic mass is 10.1. The van der Waals surface area contributed by atoms with Gasteiger partial charge in [0.1, 0.15) is 6.61 Å². The predicted octanol–water partition coefficient (Wildman–Crippen LogP) is 4.62. The van der Waals surface area contributed by atoms with Crippen LogP contribution in [0.4, 0.5) is 15.3 Å². The fourth-order valence-electron chi connectivity index (χ4n) is 2.25. The van der Waals surface area contributed by atoms with Crippen LogP contribution in [-0.4, -0.2) is 32.1 Å². The molecule has 0 bridgehead atoms. The van der Waals surface area contributed by atoms with Crippen LogP contribution in [-0.2, 0) is 20.9 Å². The molecule has 0 atom stereocenters. The molecular weight excluding hydrogens is 372 g/mol. The van der Waals surface area contributed by atoms with Gasteiger partial charge in [-0.1, -0.05) is 47.1 Å². The lowest BCUT2D eigenvalue weighted by molar-refractivity contribution is 0.130. The summed E-state index contributed by atoms with van der Waals surface area (Å²) in [6.45, 7) is 1.83. The minimum Gasteiger partial charge on any atom is -0.452 e. The number of imide groups is 1. The molecule has 0 aliphatic rings. The maximum absolute atomic E-state index is 12.0. The smallest absolute Gasteiger partial charge is 0.423 e. The summed E-state index contributed by atoms with van der Waals surface area (Å²) in [5.74, 6) is 0. The number of para-hydroxylation sites is 1. The van der Waals surface area contributed by atoms with E-state index in [1.165, 1.54) is 14.2 Å². The fourth-order valence-corrected chi connectivity index (χ4v) is 2.37. The Labute approximate surface area is 162 Å². The van der Waals surface area contributed by atoms with Crippen molar-refractivity contribution >= 4 is 35.2 Å². The van der Waals surface area contributed by atoms with Gasteiger partial charge in [0.25, 0.3) is 0 Å². The highest BCUT2D eigenvalue weighted by molar-refractivity contribution is 6.30. The highest BCUT2D eigenvalue weighted by Gasteiger charge is 2.27. The lowest BCUT2D eigenvalue weighted by Gasteiger charge is -2.20. The van der Waals surface area contributed by atoms with Gasteiger partial charge in [-0.25, -0.2) is 9.59 Å². The average molecular weight is 391 g/mol. The van der Waals surface area contributed by atoms with Crippen molar-refractivity contribution in [1.29, 1.82) is 0 Å².